The molecule has 2 rings (SSSR count). The van der Waals surface area contributed by atoms with Crippen LogP contribution in [0.2, 0.25) is 0 Å². The summed E-state index contributed by atoms with van der Waals surface area (Å²) < 4.78 is 13.2. The van der Waals surface area contributed by atoms with Gasteiger partial charge < -0.3 is 5.32 Å². The van der Waals surface area contributed by atoms with Crippen LogP contribution in [-0.2, 0) is 5.41 Å². The molecule has 0 radical (unpaired) electrons. The number of nitrogens with zero attached hydrogens (tertiary/aromatic N) is 1. The molecule has 0 bridgehead atoms. The van der Waals surface area contributed by atoms with Gasteiger partial charge in [0.2, 0.25) is 0 Å². The van der Waals surface area contributed by atoms with E-state index in [0.29, 0.717) is 0 Å². The number of aryl methyl sites for hydroxylation is 1. The van der Waals surface area contributed by atoms with Crippen LogP contribution in [0.25, 0.3) is 0 Å². The van der Waals surface area contributed by atoms with E-state index in [1.165, 1.54) is 17.0 Å². The smallest absolute Gasteiger partial charge is 0.125 e. The molecule has 1 aromatic carbocycles. The van der Waals surface area contributed by atoms with Crippen LogP contribution in [0, 0.1) is 12.7 Å². The maximum atomic E-state index is 13.2. The zero-order valence-electron chi connectivity index (χ0n) is 12.6. The largest absolute Gasteiger partial charge is 0.378 e. The third kappa shape index (κ3) is 3.37. The van der Waals surface area contributed by atoms with Crippen molar-refractivity contribution < 1.29 is 4.39 Å². The van der Waals surface area contributed by atoms with E-state index in [-0.39, 0.29) is 17.3 Å². The molecule has 1 N–H and O–H groups in total. The number of hydrogen-bond donors (Lipinski definition) is 1. The van der Waals surface area contributed by atoms with Crippen molar-refractivity contribution in [1.29, 1.82) is 0 Å². The van der Waals surface area contributed by atoms with E-state index in [1.54, 1.807) is 17.4 Å². The molecule has 20 heavy (non-hydrogen) atoms. The predicted molar refractivity (Wildman–Crippen MR) is 84.0 cm³/mol. The van der Waals surface area contributed by atoms with E-state index in [4.69, 9.17) is 0 Å². The monoisotopic (exact) mass is 292 g/mol. The number of benzene rings is 1. The summed E-state index contributed by atoms with van der Waals surface area (Å²) in [5.74, 6) is -0.224. The van der Waals surface area contributed by atoms with Crippen LogP contribution in [-0.4, -0.2) is 4.98 Å². The molecule has 0 saturated heterocycles. The SMILES string of the molecule is Cc1nc(C(C)(C)C)sc1C(C)Nc1cccc(F)c1. The lowest BCUT2D eigenvalue weighted by Crippen LogP contribution is -2.10. The summed E-state index contributed by atoms with van der Waals surface area (Å²) in [6, 6.07) is 6.67. The Hall–Kier alpha value is -1.42. The van der Waals surface area contributed by atoms with Gasteiger partial charge in [0.05, 0.1) is 16.7 Å². The van der Waals surface area contributed by atoms with Crippen molar-refractivity contribution in [2.45, 2.75) is 46.1 Å². The first kappa shape index (κ1) is 15.0. The van der Waals surface area contributed by atoms with Crippen molar-refractivity contribution in [1.82, 2.24) is 4.98 Å². The Bertz CT molecular complexity index is 599. The number of hydrogen-bond acceptors (Lipinski definition) is 3. The van der Waals surface area contributed by atoms with Crippen molar-refractivity contribution in [3.8, 4) is 0 Å². The molecule has 108 valence electrons. The van der Waals surface area contributed by atoms with Crippen LogP contribution in [0.1, 0.15) is 49.3 Å². The zero-order valence-corrected chi connectivity index (χ0v) is 13.4. The van der Waals surface area contributed by atoms with Gasteiger partial charge in [-0.1, -0.05) is 26.8 Å². The first-order valence-electron chi connectivity index (χ1n) is 6.77. The molecule has 0 fully saturated rings. The van der Waals surface area contributed by atoms with E-state index in [0.717, 1.165) is 16.4 Å². The summed E-state index contributed by atoms with van der Waals surface area (Å²) >= 11 is 1.73. The summed E-state index contributed by atoms with van der Waals surface area (Å²) in [6.45, 7) is 10.6. The number of aromatic nitrogens is 1. The molecular weight excluding hydrogens is 271 g/mol. The summed E-state index contributed by atoms with van der Waals surface area (Å²) in [7, 11) is 0. The highest BCUT2D eigenvalue weighted by molar-refractivity contribution is 7.12. The van der Waals surface area contributed by atoms with Gasteiger partial charge in [0.25, 0.3) is 0 Å². The lowest BCUT2D eigenvalue weighted by atomic mass is 9.98. The Labute approximate surface area is 124 Å². The molecule has 1 aromatic heterocycles. The Morgan fingerprint density at radius 2 is 2.00 bits per heavy atom. The van der Waals surface area contributed by atoms with E-state index in [1.807, 2.05) is 13.0 Å². The fourth-order valence-electron chi connectivity index (χ4n) is 2.02. The summed E-state index contributed by atoms with van der Waals surface area (Å²) in [4.78, 5) is 5.87. The maximum absolute atomic E-state index is 13.2. The lowest BCUT2D eigenvalue weighted by molar-refractivity contribution is 0.584. The number of rotatable bonds is 3. The number of thiazole rings is 1. The van der Waals surface area contributed by atoms with Gasteiger partial charge in [-0.15, -0.1) is 11.3 Å². The topological polar surface area (TPSA) is 24.9 Å². The van der Waals surface area contributed by atoms with Crippen LogP contribution < -0.4 is 5.32 Å². The van der Waals surface area contributed by atoms with Gasteiger partial charge in [-0.3, -0.25) is 0 Å². The van der Waals surface area contributed by atoms with E-state index < -0.39 is 0 Å². The molecule has 0 aliphatic heterocycles. The number of halogens is 1. The van der Waals surface area contributed by atoms with Crippen LogP contribution >= 0.6 is 11.3 Å². The summed E-state index contributed by atoms with van der Waals surface area (Å²) in [5.41, 5.74) is 1.91. The van der Waals surface area contributed by atoms with Crippen molar-refractivity contribution in [3.05, 3.63) is 45.7 Å². The van der Waals surface area contributed by atoms with Crippen LogP contribution in [0.3, 0.4) is 0 Å². The molecule has 0 aliphatic carbocycles. The molecule has 0 spiro atoms. The van der Waals surface area contributed by atoms with Gasteiger partial charge in [-0.25, -0.2) is 9.37 Å². The Morgan fingerprint density at radius 3 is 2.55 bits per heavy atom. The number of anilines is 1. The summed E-state index contributed by atoms with van der Waals surface area (Å²) in [6.07, 6.45) is 0. The molecule has 0 amide bonds. The van der Waals surface area contributed by atoms with Gasteiger partial charge in [-0.05, 0) is 32.0 Å². The van der Waals surface area contributed by atoms with Crippen molar-refractivity contribution >= 4 is 17.0 Å². The van der Waals surface area contributed by atoms with Gasteiger partial charge in [-0.2, -0.15) is 0 Å². The Morgan fingerprint density at radius 1 is 1.30 bits per heavy atom. The van der Waals surface area contributed by atoms with Crippen LogP contribution in [0.15, 0.2) is 24.3 Å². The molecule has 0 aliphatic rings. The fraction of sp³-hybridized carbons (Fsp3) is 0.438. The van der Waals surface area contributed by atoms with Crippen molar-refractivity contribution in [2.24, 2.45) is 0 Å². The first-order valence-corrected chi connectivity index (χ1v) is 7.59. The molecule has 4 heteroatoms. The highest BCUT2D eigenvalue weighted by Crippen LogP contribution is 2.33. The van der Waals surface area contributed by atoms with Crippen molar-refractivity contribution in [2.75, 3.05) is 5.32 Å². The average Bonchev–Trinajstić information content (AvgIpc) is 2.71. The average molecular weight is 292 g/mol. The van der Waals surface area contributed by atoms with Crippen LogP contribution in [0.4, 0.5) is 10.1 Å². The fourth-order valence-corrected chi connectivity index (χ4v) is 3.15. The minimum absolute atomic E-state index is 0.0618. The minimum Gasteiger partial charge on any atom is -0.378 e. The first-order chi connectivity index (χ1) is 9.27. The Kier molecular flexibility index (Phi) is 4.14. The molecule has 1 atom stereocenters. The molecule has 0 saturated carbocycles. The quantitative estimate of drug-likeness (QED) is 0.855. The second-order valence-corrected chi connectivity index (χ2v) is 7.13. The van der Waals surface area contributed by atoms with Gasteiger partial charge in [0.15, 0.2) is 0 Å². The van der Waals surface area contributed by atoms with Gasteiger partial charge in [0.1, 0.15) is 5.82 Å². The van der Waals surface area contributed by atoms with Gasteiger partial charge in [0, 0.05) is 16.0 Å². The van der Waals surface area contributed by atoms with Gasteiger partial charge >= 0.3 is 0 Å². The van der Waals surface area contributed by atoms with E-state index in [9.17, 15) is 4.39 Å². The minimum atomic E-state index is -0.224. The van der Waals surface area contributed by atoms with Crippen molar-refractivity contribution in [3.63, 3.8) is 0 Å². The molecular formula is C16H21FN2S. The molecule has 1 heterocycles. The molecule has 2 nitrogen and oxygen atoms in total. The molecule has 1 unspecified atom stereocenters. The summed E-state index contributed by atoms with van der Waals surface area (Å²) in [5, 5.41) is 4.47. The normalized spacial score (nSPS) is 13.3. The molecule has 2 aromatic rings. The predicted octanol–water partition coefficient (Wildman–Crippen LogP) is 5.06. The highest BCUT2D eigenvalue weighted by atomic mass is 32.1. The third-order valence-electron chi connectivity index (χ3n) is 3.08. The highest BCUT2D eigenvalue weighted by Gasteiger charge is 2.22. The van der Waals surface area contributed by atoms with E-state index >= 15 is 0 Å². The standard InChI is InChI=1S/C16H21FN2S/c1-10(18-13-8-6-7-12(17)9-13)14-11(2)19-15(20-14)16(3,4)5/h6-10,18H,1-5H3. The van der Waals surface area contributed by atoms with E-state index in [2.05, 4.69) is 38.0 Å². The second-order valence-electron chi connectivity index (χ2n) is 6.10. The number of nitrogens with one attached hydrogen (secondary N) is 1. The maximum Gasteiger partial charge on any atom is 0.125 e. The lowest BCUT2D eigenvalue weighted by Gasteiger charge is -2.15. The third-order valence-corrected chi connectivity index (χ3v) is 4.84. The zero-order chi connectivity index (χ0) is 14.9. The Balaban J connectivity index is 2.21. The second kappa shape index (κ2) is 5.52. The van der Waals surface area contributed by atoms with Crippen LogP contribution in [0.5, 0.6) is 0 Å².